The van der Waals surface area contributed by atoms with Gasteiger partial charge in [0.15, 0.2) is 4.50 Å². The lowest BCUT2D eigenvalue weighted by Crippen LogP contribution is -1.90. The molecule has 0 saturated heterocycles. The molecule has 2 rings (SSSR count). The molecule has 0 atom stereocenters. The van der Waals surface area contributed by atoms with Crippen LogP contribution < -0.4 is 0 Å². The zero-order chi connectivity index (χ0) is 16.3. The Balaban J connectivity index is 2.21. The van der Waals surface area contributed by atoms with Crippen molar-refractivity contribution in [3.63, 3.8) is 0 Å². The molecule has 0 unspecified atom stereocenters. The van der Waals surface area contributed by atoms with Gasteiger partial charge in [0.2, 0.25) is 0 Å². The fraction of sp³-hybridized carbons (Fsp3) is 0.188. The van der Waals surface area contributed by atoms with E-state index in [-0.39, 0.29) is 5.69 Å². The number of aliphatic imine (C=N–C) groups is 1. The number of benzene rings is 2. The highest BCUT2D eigenvalue weighted by Gasteiger charge is 2.08. The van der Waals surface area contributed by atoms with Gasteiger partial charge in [-0.05, 0) is 44.0 Å². The summed E-state index contributed by atoms with van der Waals surface area (Å²) in [5.41, 5.74) is 4.14. The second kappa shape index (κ2) is 6.94. The first kappa shape index (κ1) is 16.5. The Labute approximate surface area is 138 Å². The molecule has 0 radical (unpaired) electrons. The number of nitro groups is 1. The summed E-state index contributed by atoms with van der Waals surface area (Å²) in [5, 5.41) is 10.6. The molecule has 0 aliphatic carbocycles. The first-order valence-corrected chi connectivity index (χ1v) is 7.80. The second-order valence-corrected chi connectivity index (χ2v) is 6.55. The third-order valence-electron chi connectivity index (χ3n) is 3.07. The lowest BCUT2D eigenvalue weighted by atomic mass is 10.1. The largest absolute Gasteiger partial charge is 0.269 e. The normalized spacial score (nSPS) is 11.5. The SMILES string of the molecule is Cc1cc(C)c(SC(Cl)=Nc2ccc([N+](=O)[O-])cc2)c(C)c1. The van der Waals surface area contributed by atoms with Crippen molar-refractivity contribution in [2.75, 3.05) is 0 Å². The molecule has 0 heterocycles. The lowest BCUT2D eigenvalue weighted by molar-refractivity contribution is -0.384. The third-order valence-corrected chi connectivity index (χ3v) is 4.49. The van der Waals surface area contributed by atoms with Gasteiger partial charge in [0.1, 0.15) is 0 Å². The number of halogens is 1. The number of non-ortho nitro benzene ring substituents is 1. The van der Waals surface area contributed by atoms with Crippen molar-refractivity contribution in [1.29, 1.82) is 0 Å². The fourth-order valence-electron chi connectivity index (χ4n) is 2.19. The van der Waals surface area contributed by atoms with Crippen molar-refractivity contribution < 1.29 is 4.92 Å². The van der Waals surface area contributed by atoms with Gasteiger partial charge < -0.3 is 0 Å². The monoisotopic (exact) mass is 334 g/mol. The van der Waals surface area contributed by atoms with Crippen LogP contribution in [-0.4, -0.2) is 9.43 Å². The van der Waals surface area contributed by atoms with Crippen LogP contribution in [0.3, 0.4) is 0 Å². The van der Waals surface area contributed by atoms with Crippen LogP contribution in [0, 0.1) is 30.9 Å². The highest BCUT2D eigenvalue weighted by Crippen LogP contribution is 2.31. The van der Waals surface area contributed by atoms with Crippen molar-refractivity contribution >= 4 is 39.2 Å². The first-order chi connectivity index (χ1) is 10.4. The maximum atomic E-state index is 10.6. The van der Waals surface area contributed by atoms with E-state index in [9.17, 15) is 10.1 Å². The van der Waals surface area contributed by atoms with Gasteiger partial charge in [-0.3, -0.25) is 10.1 Å². The van der Waals surface area contributed by atoms with Gasteiger partial charge in [-0.1, -0.05) is 41.1 Å². The van der Waals surface area contributed by atoms with Crippen molar-refractivity contribution in [1.82, 2.24) is 0 Å². The topological polar surface area (TPSA) is 55.5 Å². The quantitative estimate of drug-likeness (QED) is 0.243. The summed E-state index contributed by atoms with van der Waals surface area (Å²) in [6.07, 6.45) is 0. The highest BCUT2D eigenvalue weighted by atomic mass is 35.5. The van der Waals surface area contributed by atoms with Gasteiger partial charge in [0.25, 0.3) is 5.69 Å². The van der Waals surface area contributed by atoms with Gasteiger partial charge in [0.05, 0.1) is 10.6 Å². The molecule has 4 nitrogen and oxygen atoms in total. The molecule has 0 aliphatic rings. The molecule has 2 aromatic carbocycles. The molecule has 6 heteroatoms. The fourth-order valence-corrected chi connectivity index (χ4v) is 3.27. The van der Waals surface area contributed by atoms with E-state index in [1.165, 1.54) is 29.5 Å². The Morgan fingerprint density at radius 3 is 2.18 bits per heavy atom. The maximum Gasteiger partial charge on any atom is 0.269 e. The van der Waals surface area contributed by atoms with E-state index in [0.717, 1.165) is 16.0 Å². The van der Waals surface area contributed by atoms with E-state index in [1.54, 1.807) is 12.1 Å². The summed E-state index contributed by atoms with van der Waals surface area (Å²) < 4.78 is 0.379. The average molecular weight is 335 g/mol. The number of thioether (sulfide) groups is 1. The lowest BCUT2D eigenvalue weighted by Gasteiger charge is -2.09. The Kier molecular flexibility index (Phi) is 5.21. The summed E-state index contributed by atoms with van der Waals surface area (Å²) in [6.45, 7) is 6.14. The molecule has 0 aliphatic heterocycles. The molecular weight excluding hydrogens is 320 g/mol. The minimum atomic E-state index is -0.442. The smallest absolute Gasteiger partial charge is 0.258 e. The molecule has 0 saturated carbocycles. The van der Waals surface area contributed by atoms with E-state index >= 15 is 0 Å². The standard InChI is InChI=1S/C16H15ClN2O2S/c1-10-8-11(2)15(12(3)9-10)22-16(17)18-13-4-6-14(7-5-13)19(20)21/h4-9H,1-3H3. The summed E-state index contributed by atoms with van der Waals surface area (Å²) in [4.78, 5) is 15.5. The molecule has 0 spiro atoms. The van der Waals surface area contributed by atoms with Crippen molar-refractivity contribution in [3.8, 4) is 0 Å². The predicted molar refractivity (Wildman–Crippen MR) is 92.6 cm³/mol. The summed E-state index contributed by atoms with van der Waals surface area (Å²) in [6, 6.07) is 10.2. The van der Waals surface area contributed by atoms with Crippen LogP contribution in [0.25, 0.3) is 0 Å². The first-order valence-electron chi connectivity index (χ1n) is 6.61. The van der Waals surface area contributed by atoms with Crippen LogP contribution in [0.2, 0.25) is 0 Å². The molecule has 0 fully saturated rings. The van der Waals surface area contributed by atoms with E-state index in [1.807, 2.05) is 13.8 Å². The highest BCUT2D eigenvalue weighted by molar-refractivity contribution is 8.16. The number of hydrogen-bond donors (Lipinski definition) is 0. The maximum absolute atomic E-state index is 10.6. The predicted octanol–water partition coefficient (Wildman–Crippen LogP) is 5.54. The van der Waals surface area contributed by atoms with Crippen LogP contribution in [0.4, 0.5) is 11.4 Å². The number of rotatable bonds is 3. The van der Waals surface area contributed by atoms with E-state index < -0.39 is 4.92 Å². The molecule has 2 aromatic rings. The summed E-state index contributed by atoms with van der Waals surface area (Å²) in [7, 11) is 0. The second-order valence-electron chi connectivity index (χ2n) is 4.97. The van der Waals surface area contributed by atoms with Gasteiger partial charge >= 0.3 is 0 Å². The number of aryl methyl sites for hydroxylation is 3. The van der Waals surface area contributed by atoms with Crippen LogP contribution >= 0.6 is 23.4 Å². The van der Waals surface area contributed by atoms with Crippen LogP contribution in [0.5, 0.6) is 0 Å². The van der Waals surface area contributed by atoms with Crippen LogP contribution in [0.1, 0.15) is 16.7 Å². The number of nitrogens with zero attached hydrogens (tertiary/aromatic N) is 2. The zero-order valence-corrected chi connectivity index (χ0v) is 14.0. The van der Waals surface area contributed by atoms with Gasteiger partial charge in [-0.2, -0.15) is 0 Å². The average Bonchev–Trinajstić information content (AvgIpc) is 2.43. The van der Waals surface area contributed by atoms with E-state index in [2.05, 4.69) is 24.0 Å². The molecule has 114 valence electrons. The molecule has 22 heavy (non-hydrogen) atoms. The zero-order valence-electron chi connectivity index (χ0n) is 12.5. The van der Waals surface area contributed by atoms with Crippen molar-refractivity contribution in [2.45, 2.75) is 25.7 Å². The molecule has 0 aromatic heterocycles. The number of nitro benzene ring substituents is 1. The molecule has 0 amide bonds. The van der Waals surface area contributed by atoms with E-state index in [4.69, 9.17) is 11.6 Å². The Hall–Kier alpha value is -1.85. The van der Waals surface area contributed by atoms with Gasteiger partial charge in [-0.15, -0.1) is 0 Å². The Bertz CT molecular complexity index is 719. The summed E-state index contributed by atoms with van der Waals surface area (Å²) in [5.74, 6) is 0. The Morgan fingerprint density at radius 1 is 1.14 bits per heavy atom. The van der Waals surface area contributed by atoms with Crippen LogP contribution in [0.15, 0.2) is 46.3 Å². The van der Waals surface area contributed by atoms with Crippen LogP contribution in [-0.2, 0) is 0 Å². The molecule has 0 bridgehead atoms. The summed E-state index contributed by atoms with van der Waals surface area (Å²) >= 11 is 7.61. The van der Waals surface area contributed by atoms with Crippen molar-refractivity contribution in [3.05, 3.63) is 63.2 Å². The minimum Gasteiger partial charge on any atom is -0.258 e. The Morgan fingerprint density at radius 2 is 1.68 bits per heavy atom. The minimum absolute atomic E-state index is 0.0351. The third kappa shape index (κ3) is 4.08. The van der Waals surface area contributed by atoms with Crippen molar-refractivity contribution in [2.24, 2.45) is 4.99 Å². The molecule has 0 N–H and O–H groups in total. The van der Waals surface area contributed by atoms with Gasteiger partial charge in [-0.25, -0.2) is 4.99 Å². The number of hydrogen-bond acceptors (Lipinski definition) is 4. The van der Waals surface area contributed by atoms with Gasteiger partial charge in [0, 0.05) is 17.0 Å². The van der Waals surface area contributed by atoms with E-state index in [0.29, 0.717) is 10.2 Å². The molecular formula is C16H15ClN2O2S.